The van der Waals surface area contributed by atoms with Gasteiger partial charge >= 0.3 is 0 Å². The quantitative estimate of drug-likeness (QED) is 0.353. The molecule has 2 aromatic rings. The van der Waals surface area contributed by atoms with E-state index in [1.54, 1.807) is 69.3 Å². The van der Waals surface area contributed by atoms with Gasteiger partial charge in [-0.1, -0.05) is 18.5 Å². The molecule has 0 aliphatic heterocycles. The van der Waals surface area contributed by atoms with Crippen LogP contribution in [0.3, 0.4) is 0 Å². The van der Waals surface area contributed by atoms with E-state index in [0.29, 0.717) is 21.9 Å². The van der Waals surface area contributed by atoms with Crippen LogP contribution < -0.4 is 4.74 Å². The lowest BCUT2D eigenvalue weighted by molar-refractivity contribution is -0.149. The van der Waals surface area contributed by atoms with E-state index >= 15 is 0 Å². The van der Waals surface area contributed by atoms with Crippen molar-refractivity contribution in [3.63, 3.8) is 0 Å². The van der Waals surface area contributed by atoms with Gasteiger partial charge in [0.15, 0.2) is 11.4 Å². The Kier molecular flexibility index (Phi) is 9.61. The number of halogens is 1. The van der Waals surface area contributed by atoms with E-state index in [9.17, 15) is 30.0 Å². The van der Waals surface area contributed by atoms with E-state index in [1.165, 1.54) is 11.9 Å². The lowest BCUT2D eigenvalue weighted by Crippen LogP contribution is -2.53. The average Bonchev–Trinajstić information content (AvgIpc) is 2.82. The Morgan fingerprint density at radius 2 is 1.38 bits per heavy atom. The third-order valence-electron chi connectivity index (χ3n) is 5.48. The van der Waals surface area contributed by atoms with E-state index in [1.807, 2.05) is 0 Å². The van der Waals surface area contributed by atoms with E-state index in [4.69, 9.17) is 16.3 Å². The largest absolute Gasteiger partial charge is 0.478 e. The number of amides is 1. The van der Waals surface area contributed by atoms with Crippen LogP contribution in [0.4, 0.5) is 0 Å². The number of likely N-dealkylation sites (N-methyl/N-ethyl adjacent to an activating group) is 1. The van der Waals surface area contributed by atoms with Crippen molar-refractivity contribution in [1.29, 1.82) is 0 Å². The lowest BCUT2D eigenvalue weighted by Gasteiger charge is -2.33. The van der Waals surface area contributed by atoms with Crippen LogP contribution in [-0.2, 0) is 4.79 Å². The zero-order chi connectivity index (χ0) is 25.6. The van der Waals surface area contributed by atoms with Crippen molar-refractivity contribution < 1.29 is 34.8 Å². The molecule has 2 rings (SSSR count). The molecule has 0 saturated heterocycles. The van der Waals surface area contributed by atoms with Crippen molar-refractivity contribution >= 4 is 23.3 Å². The zero-order valence-corrected chi connectivity index (χ0v) is 20.4. The number of aliphatic hydroxyl groups excluding tert-OH is 4. The van der Waals surface area contributed by atoms with Crippen LogP contribution in [0, 0.1) is 0 Å². The van der Waals surface area contributed by atoms with Gasteiger partial charge in [0.1, 0.15) is 24.1 Å². The molecule has 0 aliphatic rings. The summed E-state index contributed by atoms with van der Waals surface area (Å²) in [5.74, 6) is -0.298. The molecule has 0 saturated carbocycles. The molecule has 4 atom stereocenters. The zero-order valence-electron chi connectivity index (χ0n) is 19.7. The maximum absolute atomic E-state index is 12.9. The Bertz CT molecular complexity index is 962. The molecule has 4 unspecified atom stereocenters. The van der Waals surface area contributed by atoms with Crippen LogP contribution in [0.25, 0.3) is 0 Å². The van der Waals surface area contributed by atoms with Crippen LogP contribution in [0.15, 0.2) is 48.5 Å². The molecule has 2 aromatic carbocycles. The minimum atomic E-state index is -1.63. The first-order valence-corrected chi connectivity index (χ1v) is 11.3. The van der Waals surface area contributed by atoms with Gasteiger partial charge < -0.3 is 30.1 Å². The number of benzene rings is 2. The van der Waals surface area contributed by atoms with Crippen molar-refractivity contribution in [2.45, 2.75) is 57.2 Å². The molecule has 0 aromatic heterocycles. The number of ether oxygens (including phenoxy) is 1. The average molecular weight is 494 g/mol. The summed E-state index contributed by atoms with van der Waals surface area (Å²) in [6.07, 6.45) is -5.63. The smallest absolute Gasteiger partial charge is 0.266 e. The second-order valence-corrected chi connectivity index (χ2v) is 9.12. The fourth-order valence-electron chi connectivity index (χ4n) is 3.41. The molecule has 186 valence electrons. The van der Waals surface area contributed by atoms with Gasteiger partial charge in [0.2, 0.25) is 0 Å². The number of carbonyl (C=O) groups is 2. The number of hydrogen-bond acceptors (Lipinski definition) is 7. The third kappa shape index (κ3) is 7.01. The van der Waals surface area contributed by atoms with E-state index in [2.05, 4.69) is 0 Å². The molecule has 8 nitrogen and oxygen atoms in total. The van der Waals surface area contributed by atoms with Crippen molar-refractivity contribution in [3.8, 4) is 5.75 Å². The summed E-state index contributed by atoms with van der Waals surface area (Å²) in [5, 5.41) is 40.4. The van der Waals surface area contributed by atoms with Crippen LogP contribution in [0.1, 0.15) is 43.1 Å². The Morgan fingerprint density at radius 3 is 1.88 bits per heavy atom. The number of ketones is 1. The van der Waals surface area contributed by atoms with Crippen LogP contribution in [-0.4, -0.2) is 80.6 Å². The first kappa shape index (κ1) is 27.8. The van der Waals surface area contributed by atoms with Crippen molar-refractivity contribution in [2.24, 2.45) is 0 Å². The van der Waals surface area contributed by atoms with Crippen molar-refractivity contribution in [1.82, 2.24) is 4.90 Å². The summed E-state index contributed by atoms with van der Waals surface area (Å²) < 4.78 is 5.83. The van der Waals surface area contributed by atoms with Gasteiger partial charge in [-0.2, -0.15) is 0 Å². The maximum Gasteiger partial charge on any atom is 0.266 e. The van der Waals surface area contributed by atoms with Gasteiger partial charge in [0.25, 0.3) is 5.91 Å². The summed E-state index contributed by atoms with van der Waals surface area (Å²) in [6, 6.07) is 12.9. The molecule has 0 spiro atoms. The fourth-order valence-corrected chi connectivity index (χ4v) is 3.53. The first-order chi connectivity index (χ1) is 15.9. The summed E-state index contributed by atoms with van der Waals surface area (Å²) in [4.78, 5) is 26.7. The molecule has 1 amide bonds. The molecule has 0 heterocycles. The van der Waals surface area contributed by atoms with Gasteiger partial charge in [0.05, 0.1) is 6.10 Å². The Balaban J connectivity index is 2.02. The lowest BCUT2D eigenvalue weighted by atomic mass is 10.0. The van der Waals surface area contributed by atoms with Gasteiger partial charge in [-0.3, -0.25) is 9.59 Å². The second kappa shape index (κ2) is 11.8. The molecule has 0 radical (unpaired) electrons. The molecule has 0 bridgehead atoms. The molecule has 0 aliphatic carbocycles. The number of nitrogens with zero attached hydrogens (tertiary/aromatic N) is 1. The highest BCUT2D eigenvalue weighted by atomic mass is 35.5. The monoisotopic (exact) mass is 493 g/mol. The number of carbonyl (C=O) groups excluding carboxylic acids is 2. The molecule has 34 heavy (non-hydrogen) atoms. The Labute approximate surface area is 204 Å². The summed E-state index contributed by atoms with van der Waals surface area (Å²) in [7, 11) is 1.43. The number of rotatable bonds is 11. The van der Waals surface area contributed by atoms with Gasteiger partial charge in [-0.05, 0) is 68.8 Å². The van der Waals surface area contributed by atoms with Gasteiger partial charge in [0, 0.05) is 29.7 Å². The van der Waals surface area contributed by atoms with E-state index < -0.39 is 35.9 Å². The Morgan fingerprint density at radius 1 is 0.912 bits per heavy atom. The van der Waals surface area contributed by atoms with Crippen LogP contribution in [0.2, 0.25) is 5.02 Å². The standard InChI is InChI=1S/C25H32ClNO7/c1-5-19(28)22(31)23(32)20(29)14-27(4)24(33)25(2,3)34-18-12-8-16(9-13-18)21(30)15-6-10-17(26)11-7-15/h6-13,19-20,22-23,28-29,31-32H,5,14H2,1-4H3. The van der Waals surface area contributed by atoms with Crippen molar-refractivity contribution in [3.05, 3.63) is 64.7 Å². The van der Waals surface area contributed by atoms with Gasteiger partial charge in [-0.25, -0.2) is 0 Å². The predicted molar refractivity (Wildman–Crippen MR) is 128 cm³/mol. The maximum atomic E-state index is 12.9. The predicted octanol–water partition coefficient (Wildman–Crippen LogP) is 2.04. The highest BCUT2D eigenvalue weighted by Crippen LogP contribution is 2.22. The van der Waals surface area contributed by atoms with Gasteiger partial charge in [-0.15, -0.1) is 0 Å². The highest BCUT2D eigenvalue weighted by Gasteiger charge is 2.36. The molecule has 0 fully saturated rings. The number of hydrogen-bond donors (Lipinski definition) is 4. The minimum Gasteiger partial charge on any atom is -0.478 e. The minimum absolute atomic E-state index is 0.179. The number of aliphatic hydroxyl groups is 4. The summed E-state index contributed by atoms with van der Waals surface area (Å²) in [5.41, 5.74) is -0.392. The molecular weight excluding hydrogens is 462 g/mol. The molecular formula is C25H32ClNO7. The highest BCUT2D eigenvalue weighted by molar-refractivity contribution is 6.30. The SMILES string of the molecule is CCC(O)C(O)C(O)C(O)CN(C)C(=O)C(C)(C)Oc1ccc(C(=O)c2ccc(Cl)cc2)cc1. The van der Waals surface area contributed by atoms with E-state index in [0.717, 1.165) is 0 Å². The first-order valence-electron chi connectivity index (χ1n) is 10.9. The third-order valence-corrected chi connectivity index (χ3v) is 5.73. The summed E-state index contributed by atoms with van der Waals surface area (Å²) in [6.45, 7) is 4.45. The topological polar surface area (TPSA) is 128 Å². The summed E-state index contributed by atoms with van der Waals surface area (Å²) >= 11 is 5.86. The van der Waals surface area contributed by atoms with Crippen LogP contribution in [0.5, 0.6) is 5.75 Å². The molecule has 9 heteroatoms. The normalized spacial score (nSPS) is 15.2. The second-order valence-electron chi connectivity index (χ2n) is 8.68. The van der Waals surface area contributed by atoms with Crippen LogP contribution >= 0.6 is 11.6 Å². The fraction of sp³-hybridized carbons (Fsp3) is 0.440. The Hall–Kier alpha value is -2.49. The molecule has 4 N–H and O–H groups in total. The van der Waals surface area contributed by atoms with Crippen molar-refractivity contribution in [2.75, 3.05) is 13.6 Å². The van der Waals surface area contributed by atoms with E-state index in [-0.39, 0.29) is 18.7 Å².